The van der Waals surface area contributed by atoms with Crippen molar-refractivity contribution in [3.05, 3.63) is 0 Å². The number of nitrogens with one attached hydrogen (secondary N) is 2. The maximum absolute atomic E-state index is 12.3. The summed E-state index contributed by atoms with van der Waals surface area (Å²) in [6.07, 6.45) is 3.48. The summed E-state index contributed by atoms with van der Waals surface area (Å²) in [5.74, 6) is 1.58. The van der Waals surface area contributed by atoms with Crippen LogP contribution in [0.25, 0.3) is 0 Å². The van der Waals surface area contributed by atoms with Crippen LogP contribution < -0.4 is 10.6 Å². The van der Waals surface area contributed by atoms with Gasteiger partial charge in [-0.05, 0) is 45.6 Å². The summed E-state index contributed by atoms with van der Waals surface area (Å²) >= 11 is 0. The van der Waals surface area contributed by atoms with Crippen molar-refractivity contribution >= 4 is 5.91 Å². The first-order valence-corrected chi connectivity index (χ1v) is 8.23. The maximum atomic E-state index is 12.3. The summed E-state index contributed by atoms with van der Waals surface area (Å²) in [5, 5.41) is 6.59. The molecule has 116 valence electrons. The van der Waals surface area contributed by atoms with E-state index in [-0.39, 0.29) is 17.5 Å². The predicted octanol–water partition coefficient (Wildman–Crippen LogP) is 1.61. The molecule has 3 atom stereocenters. The smallest absolute Gasteiger partial charge is 0.237 e. The van der Waals surface area contributed by atoms with Crippen LogP contribution in [0.3, 0.4) is 0 Å². The van der Waals surface area contributed by atoms with Gasteiger partial charge in [-0.1, -0.05) is 19.8 Å². The Hall–Kier alpha value is -0.610. The van der Waals surface area contributed by atoms with Crippen LogP contribution in [0.4, 0.5) is 0 Å². The van der Waals surface area contributed by atoms with Crippen LogP contribution in [0.5, 0.6) is 0 Å². The first-order valence-electron chi connectivity index (χ1n) is 8.23. The zero-order valence-corrected chi connectivity index (χ0v) is 13.5. The van der Waals surface area contributed by atoms with Gasteiger partial charge in [0.25, 0.3) is 0 Å². The van der Waals surface area contributed by atoms with Crippen molar-refractivity contribution in [2.45, 2.75) is 58.5 Å². The molecule has 2 rings (SSSR count). The lowest BCUT2D eigenvalue weighted by Crippen LogP contribution is -2.54. The molecule has 0 aromatic rings. The monoisotopic (exact) mass is 281 g/mol. The van der Waals surface area contributed by atoms with Crippen LogP contribution in [0.15, 0.2) is 0 Å². The molecular weight excluding hydrogens is 250 g/mol. The quantitative estimate of drug-likeness (QED) is 0.727. The molecule has 0 aromatic carbocycles. The van der Waals surface area contributed by atoms with Gasteiger partial charge in [0.05, 0.1) is 6.04 Å². The molecule has 2 heterocycles. The third-order valence-corrected chi connectivity index (χ3v) is 5.35. The fourth-order valence-electron chi connectivity index (χ4n) is 3.99. The van der Waals surface area contributed by atoms with Crippen molar-refractivity contribution in [3.8, 4) is 0 Å². The average Bonchev–Trinajstić information content (AvgIpc) is 2.96. The van der Waals surface area contributed by atoms with Gasteiger partial charge in [-0.25, -0.2) is 0 Å². The zero-order valence-electron chi connectivity index (χ0n) is 13.5. The van der Waals surface area contributed by atoms with E-state index in [0.717, 1.165) is 32.6 Å². The average molecular weight is 281 g/mol. The van der Waals surface area contributed by atoms with E-state index in [1.54, 1.807) is 0 Å². The van der Waals surface area contributed by atoms with Crippen molar-refractivity contribution in [1.29, 1.82) is 0 Å². The van der Waals surface area contributed by atoms with Crippen LogP contribution in [0.1, 0.15) is 47.0 Å². The van der Waals surface area contributed by atoms with Crippen LogP contribution in [-0.2, 0) is 4.79 Å². The first kappa shape index (κ1) is 15.8. The van der Waals surface area contributed by atoms with Gasteiger partial charge in [-0.2, -0.15) is 0 Å². The second-order valence-electron chi connectivity index (χ2n) is 7.00. The largest absolute Gasteiger partial charge is 0.355 e. The molecule has 0 spiro atoms. The Morgan fingerprint density at radius 2 is 2.15 bits per heavy atom. The molecule has 0 aromatic heterocycles. The minimum atomic E-state index is -0.0165. The van der Waals surface area contributed by atoms with E-state index in [1.807, 2.05) is 0 Å². The summed E-state index contributed by atoms with van der Waals surface area (Å²) in [5.41, 5.74) is 0.119. The summed E-state index contributed by atoms with van der Waals surface area (Å²) in [7, 11) is 0. The van der Waals surface area contributed by atoms with Gasteiger partial charge >= 0.3 is 0 Å². The van der Waals surface area contributed by atoms with Gasteiger partial charge in [-0.15, -0.1) is 0 Å². The van der Waals surface area contributed by atoms with Gasteiger partial charge in [0.15, 0.2) is 0 Å². The molecular formula is C16H31N3O. The lowest BCUT2D eigenvalue weighted by molar-refractivity contribution is -0.127. The Kier molecular flexibility index (Phi) is 5.08. The zero-order chi connectivity index (χ0) is 14.8. The van der Waals surface area contributed by atoms with Crippen LogP contribution in [-0.4, -0.2) is 48.6 Å². The minimum absolute atomic E-state index is 0.0165. The van der Waals surface area contributed by atoms with Crippen LogP contribution >= 0.6 is 0 Å². The number of carbonyl (C=O) groups is 1. The molecule has 2 aliphatic rings. The molecule has 2 N–H and O–H groups in total. The van der Waals surface area contributed by atoms with Crippen molar-refractivity contribution < 1.29 is 4.79 Å². The molecule has 0 aliphatic carbocycles. The third kappa shape index (κ3) is 3.01. The Morgan fingerprint density at radius 1 is 1.40 bits per heavy atom. The third-order valence-electron chi connectivity index (χ3n) is 5.35. The second-order valence-corrected chi connectivity index (χ2v) is 7.00. The number of amides is 1. The molecule has 0 bridgehead atoms. The Balaban J connectivity index is 1.88. The Morgan fingerprint density at radius 3 is 2.80 bits per heavy atom. The van der Waals surface area contributed by atoms with E-state index in [9.17, 15) is 4.79 Å². The number of carbonyl (C=O) groups excluding carboxylic acids is 1. The number of rotatable bonds is 6. The number of likely N-dealkylation sites (tertiary alicyclic amines) is 1. The normalized spacial score (nSPS) is 30.2. The van der Waals surface area contributed by atoms with Gasteiger partial charge in [0.2, 0.25) is 5.91 Å². The molecule has 20 heavy (non-hydrogen) atoms. The van der Waals surface area contributed by atoms with Crippen molar-refractivity contribution in [2.75, 3.05) is 26.2 Å². The second kappa shape index (κ2) is 6.44. The number of nitrogens with zero attached hydrogens (tertiary/aromatic N) is 1. The standard InChI is InChI=1S/C16H31N3O/c1-5-6-7-8-18-15(20)12(2)19-11-13-9-17-10-14(13)16(19,3)4/h12-14,17H,5-11H2,1-4H3,(H,18,20). The fraction of sp³-hybridized carbons (Fsp3) is 0.938. The first-order chi connectivity index (χ1) is 9.48. The molecule has 2 saturated heterocycles. The highest BCUT2D eigenvalue weighted by molar-refractivity contribution is 5.81. The predicted molar refractivity (Wildman–Crippen MR) is 82.6 cm³/mol. The molecule has 4 nitrogen and oxygen atoms in total. The van der Waals surface area contributed by atoms with Crippen LogP contribution in [0, 0.1) is 11.8 Å². The van der Waals surface area contributed by atoms with E-state index in [2.05, 4.69) is 43.2 Å². The summed E-state index contributed by atoms with van der Waals surface area (Å²) in [4.78, 5) is 14.7. The lowest BCUT2D eigenvalue weighted by atomic mass is 9.84. The van der Waals surface area contributed by atoms with Crippen LogP contribution in [0.2, 0.25) is 0 Å². The Labute approximate surface area is 123 Å². The van der Waals surface area contributed by atoms with E-state index >= 15 is 0 Å². The molecule has 3 unspecified atom stereocenters. The van der Waals surface area contributed by atoms with E-state index in [0.29, 0.717) is 11.8 Å². The van der Waals surface area contributed by atoms with E-state index < -0.39 is 0 Å². The molecule has 1 amide bonds. The summed E-state index contributed by atoms with van der Waals surface area (Å²) in [6.45, 7) is 12.9. The molecule has 2 fully saturated rings. The van der Waals surface area contributed by atoms with E-state index in [4.69, 9.17) is 0 Å². The van der Waals surface area contributed by atoms with Crippen molar-refractivity contribution in [3.63, 3.8) is 0 Å². The van der Waals surface area contributed by atoms with Gasteiger partial charge in [-0.3, -0.25) is 9.69 Å². The SMILES string of the molecule is CCCCCNC(=O)C(C)N1CC2CNCC2C1(C)C. The lowest BCUT2D eigenvalue weighted by Gasteiger charge is -2.39. The molecule has 0 saturated carbocycles. The topological polar surface area (TPSA) is 44.4 Å². The summed E-state index contributed by atoms with van der Waals surface area (Å²) in [6, 6.07) is -0.0165. The summed E-state index contributed by atoms with van der Waals surface area (Å²) < 4.78 is 0. The maximum Gasteiger partial charge on any atom is 0.237 e. The van der Waals surface area contributed by atoms with Gasteiger partial charge < -0.3 is 10.6 Å². The number of unbranched alkanes of at least 4 members (excludes halogenated alkanes) is 2. The number of hydrogen-bond acceptors (Lipinski definition) is 3. The highest BCUT2D eigenvalue weighted by atomic mass is 16.2. The van der Waals surface area contributed by atoms with E-state index in [1.165, 1.54) is 12.8 Å². The van der Waals surface area contributed by atoms with Gasteiger partial charge in [0, 0.05) is 25.2 Å². The highest BCUT2D eigenvalue weighted by Crippen LogP contribution is 2.41. The number of hydrogen-bond donors (Lipinski definition) is 2. The number of fused-ring (bicyclic) bond motifs is 1. The molecule has 2 aliphatic heterocycles. The highest BCUT2D eigenvalue weighted by Gasteiger charge is 2.51. The van der Waals surface area contributed by atoms with Crippen molar-refractivity contribution in [1.82, 2.24) is 15.5 Å². The fourth-order valence-corrected chi connectivity index (χ4v) is 3.99. The molecule has 4 heteroatoms. The Bertz CT molecular complexity index is 343. The van der Waals surface area contributed by atoms with Gasteiger partial charge in [0.1, 0.15) is 0 Å². The minimum Gasteiger partial charge on any atom is -0.355 e. The van der Waals surface area contributed by atoms with Crippen molar-refractivity contribution in [2.24, 2.45) is 11.8 Å². The molecule has 0 radical (unpaired) electrons.